The third-order valence-electron chi connectivity index (χ3n) is 4.52. The van der Waals surface area contributed by atoms with Crippen LogP contribution in [-0.2, 0) is 10.0 Å². The molecule has 2 rings (SSSR count). The summed E-state index contributed by atoms with van der Waals surface area (Å²) >= 11 is 0. The summed E-state index contributed by atoms with van der Waals surface area (Å²) in [7, 11) is -1.22. The minimum Gasteiger partial charge on any atom is -0.356 e. The van der Waals surface area contributed by atoms with Gasteiger partial charge in [0, 0.05) is 32.7 Å². The van der Waals surface area contributed by atoms with Crippen LogP contribution in [-0.4, -0.2) is 57.7 Å². The van der Waals surface area contributed by atoms with Crippen LogP contribution in [0.4, 0.5) is 0 Å². The van der Waals surface area contributed by atoms with Crippen LogP contribution >= 0.6 is 24.0 Å². The molecule has 1 saturated carbocycles. The van der Waals surface area contributed by atoms with Crippen LogP contribution in [0.1, 0.15) is 38.5 Å². The van der Waals surface area contributed by atoms with Gasteiger partial charge in [0.2, 0.25) is 10.0 Å². The Hall–Kier alpha value is -0.0900. The molecule has 22 heavy (non-hydrogen) atoms. The molecule has 130 valence electrons. The molecule has 0 atom stereocenters. The highest BCUT2D eigenvalue weighted by molar-refractivity contribution is 14.0. The Morgan fingerprint density at radius 1 is 1.18 bits per heavy atom. The van der Waals surface area contributed by atoms with Gasteiger partial charge in [0.1, 0.15) is 0 Å². The van der Waals surface area contributed by atoms with Gasteiger partial charge in [0.25, 0.3) is 0 Å². The molecular formula is C14H29IN4O2S. The first-order valence-electron chi connectivity index (χ1n) is 7.91. The van der Waals surface area contributed by atoms with Crippen molar-refractivity contribution < 1.29 is 8.42 Å². The number of nitrogens with zero attached hydrogens (tertiary/aromatic N) is 2. The summed E-state index contributed by atoms with van der Waals surface area (Å²) in [6.07, 6.45) is 8.19. The lowest BCUT2D eigenvalue weighted by atomic mass is 9.98. The Kier molecular flexibility index (Phi) is 8.40. The largest absolute Gasteiger partial charge is 0.356 e. The van der Waals surface area contributed by atoms with Crippen molar-refractivity contribution in [3.05, 3.63) is 0 Å². The van der Waals surface area contributed by atoms with Crippen molar-refractivity contribution in [2.45, 2.75) is 44.6 Å². The number of hydrogen-bond donors (Lipinski definition) is 2. The van der Waals surface area contributed by atoms with E-state index in [1.807, 2.05) is 0 Å². The van der Waals surface area contributed by atoms with Gasteiger partial charge in [0.15, 0.2) is 5.96 Å². The molecule has 0 unspecified atom stereocenters. The van der Waals surface area contributed by atoms with Crippen LogP contribution < -0.4 is 10.6 Å². The zero-order valence-electron chi connectivity index (χ0n) is 13.5. The van der Waals surface area contributed by atoms with E-state index in [1.54, 1.807) is 11.4 Å². The lowest BCUT2D eigenvalue weighted by Gasteiger charge is -2.30. The highest BCUT2D eigenvalue weighted by Gasteiger charge is 2.25. The average molecular weight is 444 g/mol. The zero-order valence-corrected chi connectivity index (χ0v) is 16.7. The summed E-state index contributed by atoms with van der Waals surface area (Å²) < 4.78 is 24.5. The molecule has 2 N–H and O–H groups in total. The van der Waals surface area contributed by atoms with Gasteiger partial charge >= 0.3 is 0 Å². The molecule has 0 aromatic carbocycles. The maximum absolute atomic E-state index is 11.5. The second-order valence-electron chi connectivity index (χ2n) is 6.18. The predicted octanol–water partition coefficient (Wildman–Crippen LogP) is 1.38. The monoisotopic (exact) mass is 444 g/mol. The van der Waals surface area contributed by atoms with Gasteiger partial charge in [0.05, 0.1) is 6.26 Å². The quantitative estimate of drug-likeness (QED) is 0.391. The molecule has 0 bridgehead atoms. The van der Waals surface area contributed by atoms with Crippen molar-refractivity contribution in [2.75, 3.05) is 32.9 Å². The summed E-state index contributed by atoms with van der Waals surface area (Å²) in [5.74, 6) is 1.40. The molecule has 2 aliphatic rings. The maximum atomic E-state index is 11.5. The Balaban J connectivity index is 0.00000242. The van der Waals surface area contributed by atoms with E-state index in [1.165, 1.54) is 31.9 Å². The number of sulfonamides is 1. The van der Waals surface area contributed by atoms with Crippen LogP contribution in [0.15, 0.2) is 4.99 Å². The van der Waals surface area contributed by atoms with Crippen LogP contribution in [0.2, 0.25) is 0 Å². The number of halogens is 1. The molecule has 0 radical (unpaired) electrons. The predicted molar refractivity (Wildman–Crippen MR) is 101 cm³/mol. The fourth-order valence-electron chi connectivity index (χ4n) is 3.14. The smallest absolute Gasteiger partial charge is 0.211 e. The van der Waals surface area contributed by atoms with Crippen LogP contribution in [0.3, 0.4) is 0 Å². The fraction of sp³-hybridized carbons (Fsp3) is 0.929. The van der Waals surface area contributed by atoms with E-state index < -0.39 is 10.0 Å². The van der Waals surface area contributed by atoms with Gasteiger partial charge in [-0.05, 0) is 31.6 Å². The van der Waals surface area contributed by atoms with E-state index >= 15 is 0 Å². The number of hydrogen-bond acceptors (Lipinski definition) is 3. The van der Waals surface area contributed by atoms with Crippen molar-refractivity contribution in [3.8, 4) is 0 Å². The maximum Gasteiger partial charge on any atom is 0.211 e. The molecule has 6 nitrogen and oxygen atoms in total. The molecule has 2 fully saturated rings. The van der Waals surface area contributed by atoms with Gasteiger partial charge in [-0.1, -0.05) is 12.8 Å². The van der Waals surface area contributed by atoms with E-state index in [0.29, 0.717) is 25.0 Å². The molecule has 1 heterocycles. The molecule has 0 aromatic rings. The Bertz CT molecular complexity index is 455. The summed E-state index contributed by atoms with van der Waals surface area (Å²) in [6, 6.07) is 0.559. The van der Waals surface area contributed by atoms with Gasteiger partial charge in [-0.2, -0.15) is 0 Å². The third kappa shape index (κ3) is 6.19. The van der Waals surface area contributed by atoms with Crippen molar-refractivity contribution in [1.29, 1.82) is 0 Å². The summed E-state index contributed by atoms with van der Waals surface area (Å²) in [5.41, 5.74) is 0. The Morgan fingerprint density at radius 2 is 1.77 bits per heavy atom. The molecule has 0 spiro atoms. The lowest BCUT2D eigenvalue weighted by Crippen LogP contribution is -2.46. The van der Waals surface area contributed by atoms with Crippen molar-refractivity contribution in [3.63, 3.8) is 0 Å². The molecule has 1 aliphatic carbocycles. The molecular weight excluding hydrogens is 415 g/mol. The normalized spacial score (nSPS) is 22.4. The number of rotatable bonds is 4. The molecule has 0 aromatic heterocycles. The zero-order chi connectivity index (χ0) is 15.3. The molecule has 8 heteroatoms. The van der Waals surface area contributed by atoms with Crippen LogP contribution in [0.5, 0.6) is 0 Å². The average Bonchev–Trinajstić information content (AvgIpc) is 2.96. The third-order valence-corrected chi connectivity index (χ3v) is 5.82. The van der Waals surface area contributed by atoms with Gasteiger partial charge in [-0.3, -0.25) is 4.99 Å². The number of aliphatic imine (C=N–C) groups is 1. The standard InChI is InChI=1S/C14H28N4O2S.HI/c1-15-14(17-13-5-3-4-6-13)16-11-12-7-9-18(10-8-12)21(2,19)20;/h12-13H,3-11H2,1-2H3,(H2,15,16,17);1H. The van der Waals surface area contributed by atoms with Gasteiger partial charge in [-0.15, -0.1) is 24.0 Å². The van der Waals surface area contributed by atoms with Crippen molar-refractivity contribution >= 4 is 40.0 Å². The van der Waals surface area contributed by atoms with Crippen LogP contribution in [0, 0.1) is 5.92 Å². The number of piperidine rings is 1. The van der Waals surface area contributed by atoms with Crippen LogP contribution in [0.25, 0.3) is 0 Å². The first kappa shape index (κ1) is 20.0. The minimum atomic E-state index is -3.02. The second-order valence-corrected chi connectivity index (χ2v) is 8.17. The number of nitrogens with one attached hydrogen (secondary N) is 2. The van der Waals surface area contributed by atoms with Crippen molar-refractivity contribution in [2.24, 2.45) is 10.9 Å². The Morgan fingerprint density at radius 3 is 2.27 bits per heavy atom. The molecule has 1 aliphatic heterocycles. The van der Waals surface area contributed by atoms with E-state index in [9.17, 15) is 8.42 Å². The summed E-state index contributed by atoms with van der Waals surface area (Å²) in [5, 5.41) is 6.86. The molecule has 0 amide bonds. The Labute approximate surface area is 151 Å². The summed E-state index contributed by atoms with van der Waals surface area (Å²) in [6.45, 7) is 2.14. The topological polar surface area (TPSA) is 73.8 Å². The highest BCUT2D eigenvalue weighted by atomic mass is 127. The lowest BCUT2D eigenvalue weighted by molar-refractivity contribution is 0.274. The van der Waals surface area contributed by atoms with E-state index in [0.717, 1.165) is 25.3 Å². The van der Waals surface area contributed by atoms with Gasteiger partial charge < -0.3 is 10.6 Å². The second kappa shape index (κ2) is 9.27. The number of guanidine groups is 1. The first-order chi connectivity index (χ1) is 9.99. The van der Waals surface area contributed by atoms with E-state index in [-0.39, 0.29) is 24.0 Å². The SMILES string of the molecule is CN=C(NCC1CCN(S(C)(=O)=O)CC1)NC1CCCC1.I. The van der Waals surface area contributed by atoms with Gasteiger partial charge in [-0.25, -0.2) is 12.7 Å². The van der Waals surface area contributed by atoms with Crippen molar-refractivity contribution in [1.82, 2.24) is 14.9 Å². The minimum absolute atomic E-state index is 0. The van der Waals surface area contributed by atoms with E-state index in [2.05, 4.69) is 15.6 Å². The first-order valence-corrected chi connectivity index (χ1v) is 9.76. The van der Waals surface area contributed by atoms with E-state index in [4.69, 9.17) is 0 Å². The fourth-order valence-corrected chi connectivity index (χ4v) is 4.02. The summed E-state index contributed by atoms with van der Waals surface area (Å²) in [4.78, 5) is 4.28. The highest BCUT2D eigenvalue weighted by Crippen LogP contribution is 2.19. The molecule has 1 saturated heterocycles.